The molecular weight excluding hydrogens is 202 g/mol. The van der Waals surface area contributed by atoms with E-state index < -0.39 is 0 Å². The number of carbonyl (C=O) groups excluding carboxylic acids is 1. The predicted molar refractivity (Wildman–Crippen MR) is 62.8 cm³/mol. The first kappa shape index (κ1) is 11.5. The molecule has 1 heterocycles. The first-order valence-corrected chi connectivity index (χ1v) is 6.24. The molecule has 0 aromatic carbocycles. The van der Waals surface area contributed by atoms with Crippen molar-refractivity contribution in [1.82, 2.24) is 4.90 Å². The zero-order chi connectivity index (χ0) is 11.7. The lowest BCUT2D eigenvalue weighted by Crippen LogP contribution is -2.28. The van der Waals surface area contributed by atoms with Crippen LogP contribution in [0.4, 0.5) is 0 Å². The smallest absolute Gasteiger partial charge is 0.222 e. The molecule has 1 saturated heterocycles. The van der Waals surface area contributed by atoms with Crippen LogP contribution < -0.4 is 0 Å². The van der Waals surface area contributed by atoms with Gasteiger partial charge in [0.05, 0.1) is 12.4 Å². The molecule has 0 N–H and O–H groups in total. The molecule has 2 rings (SSSR count). The molecule has 0 spiro atoms. The van der Waals surface area contributed by atoms with Crippen molar-refractivity contribution in [2.75, 3.05) is 13.2 Å². The van der Waals surface area contributed by atoms with E-state index in [0.717, 1.165) is 38.2 Å². The quantitative estimate of drug-likeness (QED) is 0.685. The van der Waals surface area contributed by atoms with Crippen LogP contribution in [-0.4, -0.2) is 30.0 Å². The largest absolute Gasteiger partial charge is 0.498 e. The number of allylic oxidation sites excluding steroid dienone is 1. The monoisotopic (exact) mass is 223 g/mol. The molecule has 0 aromatic heterocycles. The molecule has 2 aliphatic rings. The van der Waals surface area contributed by atoms with Crippen LogP contribution in [0.3, 0.4) is 0 Å². The Bertz CT molecular complexity index is 318. The van der Waals surface area contributed by atoms with Crippen LogP contribution in [0.15, 0.2) is 11.3 Å². The molecular formula is C13H21NO2. The topological polar surface area (TPSA) is 29.5 Å². The normalized spacial score (nSPS) is 28.2. The minimum atomic E-state index is 0.331. The fourth-order valence-electron chi connectivity index (χ4n) is 2.61. The lowest BCUT2D eigenvalue weighted by molar-refractivity contribution is -0.128. The summed E-state index contributed by atoms with van der Waals surface area (Å²) in [5, 5.41) is 0. The number of hydrogen-bond donors (Lipinski definition) is 0. The van der Waals surface area contributed by atoms with Gasteiger partial charge in [-0.25, -0.2) is 0 Å². The molecule has 2 unspecified atom stereocenters. The van der Waals surface area contributed by atoms with Crippen molar-refractivity contribution in [3.63, 3.8) is 0 Å². The maximum atomic E-state index is 11.6. The Morgan fingerprint density at radius 3 is 2.75 bits per heavy atom. The second kappa shape index (κ2) is 4.48. The van der Waals surface area contributed by atoms with Crippen LogP contribution in [0, 0.1) is 5.92 Å². The average molecular weight is 223 g/mol. The summed E-state index contributed by atoms with van der Waals surface area (Å²) < 4.78 is 5.69. The number of carbonyl (C=O) groups is 1. The third-order valence-electron chi connectivity index (χ3n) is 3.40. The van der Waals surface area contributed by atoms with Crippen molar-refractivity contribution in [3.05, 3.63) is 11.3 Å². The van der Waals surface area contributed by atoms with Crippen molar-refractivity contribution >= 4 is 5.91 Å². The summed E-state index contributed by atoms with van der Waals surface area (Å²) in [6.07, 6.45) is 2.86. The van der Waals surface area contributed by atoms with Crippen LogP contribution in [0.2, 0.25) is 0 Å². The van der Waals surface area contributed by atoms with Crippen LogP contribution in [0.25, 0.3) is 0 Å². The van der Waals surface area contributed by atoms with Gasteiger partial charge in [0.1, 0.15) is 0 Å². The highest BCUT2D eigenvalue weighted by atomic mass is 16.5. The highest BCUT2D eigenvalue weighted by Crippen LogP contribution is 2.44. The predicted octanol–water partition coefficient (Wildman–Crippen LogP) is 2.33. The van der Waals surface area contributed by atoms with Crippen LogP contribution in [-0.2, 0) is 9.53 Å². The Kier molecular flexibility index (Phi) is 3.22. The van der Waals surface area contributed by atoms with Crippen LogP contribution >= 0.6 is 0 Å². The van der Waals surface area contributed by atoms with E-state index in [4.69, 9.17) is 4.74 Å². The zero-order valence-corrected chi connectivity index (χ0v) is 10.5. The number of rotatable bonds is 4. The number of ether oxygens (including phenoxy) is 1. The van der Waals surface area contributed by atoms with Gasteiger partial charge in [-0.2, -0.15) is 0 Å². The van der Waals surface area contributed by atoms with Gasteiger partial charge in [0.15, 0.2) is 0 Å². The molecule has 3 nitrogen and oxygen atoms in total. The molecule has 1 aliphatic carbocycles. The lowest BCUT2D eigenvalue weighted by atomic mass is 10.2. The molecule has 3 heteroatoms. The second-order valence-electron chi connectivity index (χ2n) is 4.90. The highest BCUT2D eigenvalue weighted by Gasteiger charge is 2.48. The summed E-state index contributed by atoms with van der Waals surface area (Å²) in [4.78, 5) is 13.7. The van der Waals surface area contributed by atoms with E-state index in [1.165, 1.54) is 5.57 Å². The molecule has 0 bridgehead atoms. The molecule has 1 aliphatic heterocycles. The molecule has 0 radical (unpaired) electrons. The third-order valence-corrected chi connectivity index (χ3v) is 3.40. The van der Waals surface area contributed by atoms with Crippen molar-refractivity contribution in [1.29, 1.82) is 0 Å². The number of hydrogen-bond acceptors (Lipinski definition) is 2. The van der Waals surface area contributed by atoms with Gasteiger partial charge in [0.25, 0.3) is 0 Å². The molecule has 2 fully saturated rings. The second-order valence-corrected chi connectivity index (χ2v) is 4.90. The Hall–Kier alpha value is -0.990. The van der Waals surface area contributed by atoms with Gasteiger partial charge in [-0.05, 0) is 39.2 Å². The van der Waals surface area contributed by atoms with E-state index in [0.29, 0.717) is 17.9 Å². The third kappa shape index (κ3) is 2.08. The summed E-state index contributed by atoms with van der Waals surface area (Å²) in [6.45, 7) is 7.86. The van der Waals surface area contributed by atoms with E-state index in [-0.39, 0.29) is 0 Å². The van der Waals surface area contributed by atoms with E-state index in [1.807, 2.05) is 11.8 Å². The first-order chi connectivity index (χ1) is 7.65. The molecule has 90 valence electrons. The maximum absolute atomic E-state index is 11.6. The zero-order valence-electron chi connectivity index (χ0n) is 10.5. The fraction of sp³-hybridized carbons (Fsp3) is 0.769. The Morgan fingerprint density at radius 1 is 1.50 bits per heavy atom. The summed E-state index contributed by atoms with van der Waals surface area (Å²) in [5.74, 6) is 1.91. The summed E-state index contributed by atoms with van der Waals surface area (Å²) in [6, 6.07) is 0.423. The molecule has 0 aromatic rings. The van der Waals surface area contributed by atoms with Gasteiger partial charge < -0.3 is 9.64 Å². The Labute approximate surface area is 97.5 Å². The minimum Gasteiger partial charge on any atom is -0.498 e. The van der Waals surface area contributed by atoms with Crippen molar-refractivity contribution < 1.29 is 9.53 Å². The van der Waals surface area contributed by atoms with Gasteiger partial charge in [-0.3, -0.25) is 4.79 Å². The SMILES string of the molecule is CCOC(=C(C)C)C1CC1N1CCCC1=O. The van der Waals surface area contributed by atoms with E-state index in [9.17, 15) is 4.79 Å². The highest BCUT2D eigenvalue weighted by molar-refractivity contribution is 5.79. The molecule has 1 saturated carbocycles. The number of likely N-dealkylation sites (tertiary alicyclic amines) is 1. The van der Waals surface area contributed by atoms with Gasteiger partial charge >= 0.3 is 0 Å². The van der Waals surface area contributed by atoms with Crippen molar-refractivity contribution in [2.45, 2.75) is 46.1 Å². The summed E-state index contributed by atoms with van der Waals surface area (Å²) in [7, 11) is 0. The van der Waals surface area contributed by atoms with Gasteiger partial charge in [-0.1, -0.05) is 0 Å². The van der Waals surface area contributed by atoms with Crippen molar-refractivity contribution in [2.24, 2.45) is 5.92 Å². The first-order valence-electron chi connectivity index (χ1n) is 6.24. The molecule has 2 atom stereocenters. The van der Waals surface area contributed by atoms with Crippen LogP contribution in [0.1, 0.15) is 40.0 Å². The number of nitrogens with zero attached hydrogens (tertiary/aromatic N) is 1. The maximum Gasteiger partial charge on any atom is 0.222 e. The van der Waals surface area contributed by atoms with Crippen molar-refractivity contribution in [3.8, 4) is 0 Å². The lowest BCUT2D eigenvalue weighted by Gasteiger charge is -2.17. The minimum absolute atomic E-state index is 0.331. The average Bonchev–Trinajstić information content (AvgIpc) is 2.89. The molecule has 16 heavy (non-hydrogen) atoms. The van der Waals surface area contributed by atoms with E-state index in [2.05, 4.69) is 13.8 Å². The van der Waals surface area contributed by atoms with E-state index >= 15 is 0 Å². The summed E-state index contributed by atoms with van der Waals surface area (Å²) >= 11 is 0. The van der Waals surface area contributed by atoms with Gasteiger partial charge in [0.2, 0.25) is 5.91 Å². The van der Waals surface area contributed by atoms with E-state index in [1.54, 1.807) is 0 Å². The van der Waals surface area contributed by atoms with Crippen LogP contribution in [0.5, 0.6) is 0 Å². The number of amides is 1. The fourth-order valence-corrected chi connectivity index (χ4v) is 2.61. The van der Waals surface area contributed by atoms with Gasteiger partial charge in [0, 0.05) is 24.9 Å². The Morgan fingerprint density at radius 2 is 2.25 bits per heavy atom. The molecule has 1 amide bonds. The summed E-state index contributed by atoms with van der Waals surface area (Å²) in [5.41, 5.74) is 1.25. The van der Waals surface area contributed by atoms with Gasteiger partial charge in [-0.15, -0.1) is 0 Å². The standard InChI is InChI=1S/C13H21NO2/c1-4-16-13(9(2)3)10-8-11(10)14-7-5-6-12(14)15/h10-11H,4-8H2,1-3H3. The Balaban J connectivity index is 1.99.